The third-order valence-electron chi connectivity index (χ3n) is 5.35. The van der Waals surface area contributed by atoms with Crippen molar-refractivity contribution in [2.75, 3.05) is 13.1 Å². The van der Waals surface area contributed by atoms with E-state index in [0.29, 0.717) is 17.7 Å². The molecule has 1 atom stereocenters. The highest BCUT2D eigenvalue weighted by Crippen LogP contribution is 2.42. The first kappa shape index (κ1) is 17.6. The normalized spacial score (nSPS) is 26.6. The van der Waals surface area contributed by atoms with Gasteiger partial charge in [0.2, 0.25) is 0 Å². The minimum atomic E-state index is -1.11. The van der Waals surface area contributed by atoms with E-state index in [9.17, 15) is 4.39 Å². The Kier molecular flexibility index (Phi) is 4.58. The third-order valence-corrected chi connectivity index (χ3v) is 5.35. The Morgan fingerprint density at radius 2 is 1.79 bits per heavy atom. The first-order chi connectivity index (χ1) is 11.2. The Labute approximate surface area is 142 Å². The van der Waals surface area contributed by atoms with Crippen LogP contribution in [0.25, 0.3) is 5.57 Å². The zero-order valence-corrected chi connectivity index (χ0v) is 14.7. The van der Waals surface area contributed by atoms with Crippen molar-refractivity contribution in [3.63, 3.8) is 0 Å². The van der Waals surface area contributed by atoms with Crippen LogP contribution in [-0.2, 0) is 9.31 Å². The first-order valence-electron chi connectivity index (χ1n) is 8.44. The van der Waals surface area contributed by atoms with Crippen LogP contribution in [0.4, 0.5) is 8.78 Å². The smallest absolute Gasteiger partial charge is 0.398 e. The lowest BCUT2D eigenvalue weighted by Crippen LogP contribution is -2.41. The standard InChI is InChI=1S/C18H24BF2NO2/c1-17(2)18(3,4)24-19(23-17)16(21)15(12-9-10-22-11-12)13-7-5-6-8-14(13)20/h5-8,12,22H,9-11H2,1-4H3. The molecule has 2 aliphatic heterocycles. The van der Waals surface area contributed by atoms with Crippen LogP contribution in [0.3, 0.4) is 0 Å². The summed E-state index contributed by atoms with van der Waals surface area (Å²) in [5.41, 5.74) is -1.14. The van der Waals surface area contributed by atoms with Gasteiger partial charge in [-0.2, -0.15) is 0 Å². The Balaban J connectivity index is 2.04. The molecule has 0 radical (unpaired) electrons. The van der Waals surface area contributed by atoms with Crippen LogP contribution in [-0.4, -0.2) is 31.4 Å². The summed E-state index contributed by atoms with van der Waals surface area (Å²) in [6, 6.07) is 6.30. The Morgan fingerprint density at radius 3 is 2.33 bits per heavy atom. The lowest BCUT2D eigenvalue weighted by atomic mass is 9.78. The highest BCUT2D eigenvalue weighted by Gasteiger charge is 2.54. The average Bonchev–Trinajstić information content (AvgIpc) is 3.08. The lowest BCUT2D eigenvalue weighted by molar-refractivity contribution is 0.00578. The van der Waals surface area contributed by atoms with Crippen molar-refractivity contribution in [2.24, 2.45) is 5.92 Å². The Morgan fingerprint density at radius 1 is 1.17 bits per heavy atom. The lowest BCUT2D eigenvalue weighted by Gasteiger charge is -2.32. The summed E-state index contributed by atoms with van der Waals surface area (Å²) in [5.74, 6) is -0.521. The molecule has 0 bridgehead atoms. The molecule has 2 saturated heterocycles. The van der Waals surface area contributed by atoms with E-state index in [4.69, 9.17) is 9.31 Å². The molecule has 0 aromatic heterocycles. The number of rotatable bonds is 3. The van der Waals surface area contributed by atoms with E-state index < -0.39 is 29.9 Å². The van der Waals surface area contributed by atoms with Gasteiger partial charge in [-0.25, -0.2) is 8.78 Å². The van der Waals surface area contributed by atoms with Gasteiger partial charge in [0.1, 0.15) is 11.5 Å². The van der Waals surface area contributed by atoms with Crippen molar-refractivity contribution >= 4 is 12.7 Å². The maximum atomic E-state index is 15.4. The summed E-state index contributed by atoms with van der Waals surface area (Å²) in [5, 5.41) is 3.22. The molecule has 130 valence electrons. The number of hydrogen-bond acceptors (Lipinski definition) is 3. The molecule has 1 aromatic rings. The van der Waals surface area contributed by atoms with Gasteiger partial charge in [-0.1, -0.05) is 18.2 Å². The number of nitrogens with one attached hydrogen (secondary N) is 1. The fourth-order valence-corrected chi connectivity index (χ4v) is 3.20. The summed E-state index contributed by atoms with van der Waals surface area (Å²) in [7, 11) is -1.11. The molecule has 2 fully saturated rings. The Bertz CT molecular complexity index is 638. The van der Waals surface area contributed by atoms with E-state index in [-0.39, 0.29) is 5.92 Å². The van der Waals surface area contributed by atoms with Crippen LogP contribution in [0.5, 0.6) is 0 Å². The van der Waals surface area contributed by atoms with Gasteiger partial charge in [-0.3, -0.25) is 0 Å². The maximum Gasteiger partial charge on any atom is 0.525 e. The maximum absolute atomic E-state index is 15.4. The summed E-state index contributed by atoms with van der Waals surface area (Å²) < 4.78 is 41.4. The van der Waals surface area contributed by atoms with E-state index in [0.717, 1.165) is 13.0 Å². The predicted molar refractivity (Wildman–Crippen MR) is 91.5 cm³/mol. The summed E-state index contributed by atoms with van der Waals surface area (Å²) in [6.45, 7) is 8.91. The molecule has 3 nitrogen and oxygen atoms in total. The second kappa shape index (κ2) is 6.25. The van der Waals surface area contributed by atoms with Crippen molar-refractivity contribution in [1.82, 2.24) is 5.32 Å². The van der Waals surface area contributed by atoms with Crippen molar-refractivity contribution in [3.05, 3.63) is 41.4 Å². The number of halogens is 2. The van der Waals surface area contributed by atoms with Crippen LogP contribution in [0.15, 0.2) is 30.0 Å². The van der Waals surface area contributed by atoms with Crippen LogP contribution in [0.2, 0.25) is 0 Å². The van der Waals surface area contributed by atoms with Gasteiger partial charge in [-0.15, -0.1) is 0 Å². The molecule has 1 N–H and O–H groups in total. The molecule has 1 unspecified atom stereocenters. The van der Waals surface area contributed by atoms with E-state index in [1.165, 1.54) is 6.07 Å². The molecule has 0 saturated carbocycles. The molecule has 0 aliphatic carbocycles. The third kappa shape index (κ3) is 3.03. The molecule has 3 rings (SSSR count). The number of hydrogen-bond donors (Lipinski definition) is 1. The van der Waals surface area contributed by atoms with Gasteiger partial charge >= 0.3 is 7.12 Å². The highest BCUT2D eigenvalue weighted by atomic mass is 19.1. The fraction of sp³-hybridized carbons (Fsp3) is 0.556. The van der Waals surface area contributed by atoms with E-state index in [1.807, 2.05) is 27.7 Å². The highest BCUT2D eigenvalue weighted by molar-refractivity contribution is 6.55. The second-order valence-electron chi connectivity index (χ2n) is 7.52. The molecule has 6 heteroatoms. The van der Waals surface area contributed by atoms with Crippen LogP contribution in [0, 0.1) is 11.7 Å². The van der Waals surface area contributed by atoms with Gasteiger partial charge in [0, 0.05) is 18.0 Å². The minimum Gasteiger partial charge on any atom is -0.398 e. The van der Waals surface area contributed by atoms with Gasteiger partial charge in [0.05, 0.1) is 11.2 Å². The van der Waals surface area contributed by atoms with Gasteiger partial charge in [-0.05, 0) is 52.3 Å². The Hall–Kier alpha value is -1.24. The SMILES string of the molecule is CC1(C)OB(C(F)=C(c2ccccc2F)C2CCNC2)OC1(C)C. The molecule has 1 aromatic carbocycles. The van der Waals surface area contributed by atoms with Crippen molar-refractivity contribution in [3.8, 4) is 0 Å². The summed E-state index contributed by atoms with van der Waals surface area (Å²) >= 11 is 0. The van der Waals surface area contributed by atoms with E-state index in [1.54, 1.807) is 18.2 Å². The van der Waals surface area contributed by atoms with Crippen molar-refractivity contribution in [1.29, 1.82) is 0 Å². The topological polar surface area (TPSA) is 30.5 Å². The van der Waals surface area contributed by atoms with Crippen molar-refractivity contribution in [2.45, 2.75) is 45.3 Å². The molecule has 24 heavy (non-hydrogen) atoms. The summed E-state index contributed by atoms with van der Waals surface area (Å²) in [6.07, 6.45) is 0.761. The average molecular weight is 335 g/mol. The van der Waals surface area contributed by atoms with Crippen molar-refractivity contribution < 1.29 is 18.1 Å². The largest absolute Gasteiger partial charge is 0.525 e. The van der Waals surface area contributed by atoms with Crippen LogP contribution < -0.4 is 5.32 Å². The quantitative estimate of drug-likeness (QED) is 0.854. The number of benzene rings is 1. The molecule has 0 spiro atoms. The molecular weight excluding hydrogens is 311 g/mol. The van der Waals surface area contributed by atoms with Gasteiger partial charge < -0.3 is 14.6 Å². The minimum absolute atomic E-state index is 0.0964. The van der Waals surface area contributed by atoms with Crippen LogP contribution >= 0.6 is 0 Å². The summed E-state index contributed by atoms with van der Waals surface area (Å²) in [4.78, 5) is 0. The molecule has 0 amide bonds. The molecule has 2 heterocycles. The molecule has 2 aliphatic rings. The van der Waals surface area contributed by atoms with Gasteiger partial charge in [0.25, 0.3) is 0 Å². The first-order valence-corrected chi connectivity index (χ1v) is 8.44. The zero-order valence-electron chi connectivity index (χ0n) is 14.7. The van der Waals surface area contributed by atoms with Crippen LogP contribution in [0.1, 0.15) is 39.7 Å². The van der Waals surface area contributed by atoms with Gasteiger partial charge in [0.15, 0.2) is 0 Å². The molecular formula is C18H24BF2NO2. The zero-order chi connectivity index (χ0) is 17.5. The van der Waals surface area contributed by atoms with E-state index in [2.05, 4.69) is 5.32 Å². The predicted octanol–water partition coefficient (Wildman–Crippen LogP) is 3.75. The monoisotopic (exact) mass is 335 g/mol. The fourth-order valence-electron chi connectivity index (χ4n) is 3.20. The van der Waals surface area contributed by atoms with E-state index >= 15 is 4.39 Å². The second-order valence-corrected chi connectivity index (χ2v) is 7.52.